The van der Waals surface area contributed by atoms with Crippen LogP contribution in [0.15, 0.2) is 42.5 Å². The summed E-state index contributed by atoms with van der Waals surface area (Å²) in [5, 5.41) is 14.5. The molecule has 1 saturated carbocycles. The van der Waals surface area contributed by atoms with E-state index in [4.69, 9.17) is 16.3 Å². The number of carbonyl (C=O) groups is 2. The molecule has 0 radical (unpaired) electrons. The molecule has 2 aromatic rings. The number of rotatable bonds is 10. The van der Waals surface area contributed by atoms with E-state index >= 15 is 0 Å². The molecule has 3 aliphatic rings. The first-order chi connectivity index (χ1) is 20.3. The van der Waals surface area contributed by atoms with E-state index < -0.39 is 17.7 Å². The summed E-state index contributed by atoms with van der Waals surface area (Å²) < 4.78 is 19.8. The largest absolute Gasteiger partial charge is 0.489 e. The Labute approximate surface area is 265 Å². The Morgan fingerprint density at radius 1 is 1.09 bits per heavy atom. The molecule has 236 valence electrons. The lowest BCUT2D eigenvalue weighted by Crippen LogP contribution is -2.75. The quantitative estimate of drug-likeness (QED) is 0.341. The molecule has 2 atom stereocenters. The van der Waals surface area contributed by atoms with Crippen molar-refractivity contribution in [2.24, 2.45) is 5.92 Å². The lowest BCUT2D eigenvalue weighted by atomic mass is 9.78. The topological polar surface area (TPSA) is 82.1 Å². The van der Waals surface area contributed by atoms with E-state index in [-0.39, 0.29) is 42.6 Å². The van der Waals surface area contributed by atoms with Gasteiger partial charge in [0.1, 0.15) is 29.8 Å². The number of piperazine rings is 1. The van der Waals surface area contributed by atoms with Crippen LogP contribution in [0.3, 0.4) is 0 Å². The summed E-state index contributed by atoms with van der Waals surface area (Å²) in [7, 11) is 0. The zero-order chi connectivity index (χ0) is 29.7. The van der Waals surface area contributed by atoms with Crippen molar-refractivity contribution in [2.75, 3.05) is 19.6 Å². The number of aliphatic hydroxyl groups excluding tert-OH is 1. The summed E-state index contributed by atoms with van der Waals surface area (Å²) in [4.78, 5) is 31.7. The number of halogens is 3. The molecule has 2 amide bonds. The van der Waals surface area contributed by atoms with Gasteiger partial charge in [-0.2, -0.15) is 0 Å². The zero-order valence-electron chi connectivity index (χ0n) is 24.9. The van der Waals surface area contributed by atoms with Gasteiger partial charge in [-0.3, -0.25) is 14.5 Å². The Bertz CT molecular complexity index is 1210. The van der Waals surface area contributed by atoms with E-state index in [2.05, 4.69) is 17.1 Å². The Hall–Kier alpha value is -2.39. The Morgan fingerprint density at radius 3 is 2.44 bits per heavy atom. The lowest BCUT2D eigenvalue weighted by Gasteiger charge is -2.52. The number of amides is 2. The lowest BCUT2D eigenvalue weighted by molar-refractivity contribution is -0.166. The maximum atomic E-state index is 14.0. The van der Waals surface area contributed by atoms with Crippen molar-refractivity contribution in [1.29, 1.82) is 0 Å². The first kappa shape index (κ1) is 33.5. The van der Waals surface area contributed by atoms with Crippen LogP contribution in [0.2, 0.25) is 5.02 Å². The molecule has 1 aliphatic carbocycles. The fourth-order valence-electron chi connectivity index (χ4n) is 6.81. The van der Waals surface area contributed by atoms with Crippen LogP contribution in [0.4, 0.5) is 4.39 Å². The molecule has 10 heteroatoms. The number of hydrogen-bond acceptors (Lipinski definition) is 5. The Balaban J connectivity index is 0.00000423. The minimum atomic E-state index is -0.864. The third-order valence-electron chi connectivity index (χ3n) is 9.43. The van der Waals surface area contributed by atoms with Gasteiger partial charge < -0.3 is 20.1 Å². The van der Waals surface area contributed by atoms with Gasteiger partial charge in [0.2, 0.25) is 11.8 Å². The molecule has 7 nitrogen and oxygen atoms in total. The van der Waals surface area contributed by atoms with Crippen molar-refractivity contribution < 1.29 is 23.8 Å². The molecule has 2 aromatic carbocycles. The third kappa shape index (κ3) is 7.47. The highest BCUT2D eigenvalue weighted by molar-refractivity contribution is 6.31. The van der Waals surface area contributed by atoms with E-state index in [1.807, 2.05) is 29.2 Å². The molecule has 1 spiro atoms. The summed E-state index contributed by atoms with van der Waals surface area (Å²) in [5.74, 6) is 0.0612. The third-order valence-corrected chi connectivity index (χ3v) is 9.78. The van der Waals surface area contributed by atoms with Crippen molar-refractivity contribution in [2.45, 2.75) is 95.5 Å². The van der Waals surface area contributed by atoms with E-state index in [0.717, 1.165) is 44.1 Å². The van der Waals surface area contributed by atoms with Crippen molar-refractivity contribution in [3.63, 3.8) is 0 Å². The highest BCUT2D eigenvalue weighted by Gasteiger charge is 2.55. The summed E-state index contributed by atoms with van der Waals surface area (Å²) >= 11 is 6.10. The SMILES string of the molecule is CCCCN1C(=O)[C@@H]([C@H](O)C2CCCCC2)NC(=O)C12CCN(Cc1ccc(OCc3c(F)cccc3Cl)cc1)CC2.Cl. The van der Waals surface area contributed by atoms with Crippen LogP contribution in [0.5, 0.6) is 5.75 Å². The van der Waals surface area contributed by atoms with Gasteiger partial charge in [0.05, 0.1) is 11.1 Å². The van der Waals surface area contributed by atoms with Crippen molar-refractivity contribution in [3.8, 4) is 5.75 Å². The predicted octanol–water partition coefficient (Wildman–Crippen LogP) is 5.88. The van der Waals surface area contributed by atoms with E-state index in [1.54, 1.807) is 12.1 Å². The van der Waals surface area contributed by atoms with Crippen LogP contribution in [0, 0.1) is 11.7 Å². The maximum absolute atomic E-state index is 14.0. The fraction of sp³-hybridized carbons (Fsp3) is 0.576. The zero-order valence-corrected chi connectivity index (χ0v) is 26.5. The molecule has 2 aliphatic heterocycles. The maximum Gasteiger partial charge on any atom is 0.248 e. The minimum absolute atomic E-state index is 0. The summed E-state index contributed by atoms with van der Waals surface area (Å²) in [6.45, 7) is 4.75. The van der Waals surface area contributed by atoms with Gasteiger partial charge in [-0.1, -0.05) is 62.4 Å². The number of hydrogen-bond donors (Lipinski definition) is 2. The highest BCUT2D eigenvalue weighted by atomic mass is 35.5. The van der Waals surface area contributed by atoms with Crippen LogP contribution in [-0.4, -0.2) is 64.0 Å². The van der Waals surface area contributed by atoms with Crippen LogP contribution in [0.25, 0.3) is 0 Å². The van der Waals surface area contributed by atoms with E-state index in [0.29, 0.717) is 55.4 Å². The smallest absolute Gasteiger partial charge is 0.248 e. The standard InChI is InChI=1S/C33H43ClFN3O4.ClH/c1-2-3-18-38-31(40)29(30(39)24-8-5-4-6-9-24)36-32(41)33(38)16-19-37(20-17-33)21-23-12-14-25(15-13-23)42-22-26-27(34)10-7-11-28(26)35;/h7,10-15,24,29-30,39H,2-6,8-9,16-22H2,1H3,(H,36,41);1H/t29-,30-;/m1./s1. The van der Waals surface area contributed by atoms with Gasteiger partial charge in [-0.15, -0.1) is 12.4 Å². The normalized spacial score (nSPS) is 21.8. The van der Waals surface area contributed by atoms with Gasteiger partial charge in [-0.05, 0) is 67.9 Å². The Kier molecular flexibility index (Phi) is 11.7. The molecule has 0 aromatic heterocycles. The fourth-order valence-corrected chi connectivity index (χ4v) is 7.03. The van der Waals surface area contributed by atoms with Gasteiger partial charge in [-0.25, -0.2) is 4.39 Å². The molecule has 5 rings (SSSR count). The Morgan fingerprint density at radius 2 is 1.79 bits per heavy atom. The second-order valence-electron chi connectivity index (χ2n) is 12.1. The van der Waals surface area contributed by atoms with Crippen LogP contribution in [0.1, 0.15) is 75.8 Å². The summed E-state index contributed by atoms with van der Waals surface area (Å²) in [5.41, 5.74) is 0.570. The molecule has 43 heavy (non-hydrogen) atoms. The number of likely N-dealkylation sites (tertiary alicyclic amines) is 1. The molecule has 2 N–H and O–H groups in total. The highest BCUT2D eigenvalue weighted by Crippen LogP contribution is 2.36. The first-order valence-electron chi connectivity index (χ1n) is 15.5. The van der Waals surface area contributed by atoms with Gasteiger partial charge in [0.25, 0.3) is 0 Å². The number of nitrogens with one attached hydrogen (secondary N) is 1. The number of piperidine rings is 1. The number of nitrogens with zero attached hydrogens (tertiary/aromatic N) is 2. The molecule has 2 heterocycles. The predicted molar refractivity (Wildman–Crippen MR) is 168 cm³/mol. The number of aliphatic hydroxyl groups is 1. The van der Waals surface area contributed by atoms with E-state index in [9.17, 15) is 19.1 Å². The molecule has 2 saturated heterocycles. The number of unbranched alkanes of at least 4 members (excludes halogenated alkanes) is 1. The first-order valence-corrected chi connectivity index (χ1v) is 15.9. The summed E-state index contributed by atoms with van der Waals surface area (Å²) in [6, 6.07) is 11.4. The van der Waals surface area contributed by atoms with Crippen molar-refractivity contribution in [1.82, 2.24) is 15.1 Å². The van der Waals surface area contributed by atoms with Gasteiger partial charge in [0, 0.05) is 31.7 Å². The van der Waals surface area contributed by atoms with Crippen LogP contribution < -0.4 is 10.1 Å². The number of carbonyl (C=O) groups excluding carboxylic acids is 2. The number of benzene rings is 2. The molecule has 0 bridgehead atoms. The van der Waals surface area contributed by atoms with Crippen LogP contribution in [-0.2, 0) is 22.7 Å². The van der Waals surface area contributed by atoms with Crippen molar-refractivity contribution in [3.05, 3.63) is 64.4 Å². The second-order valence-corrected chi connectivity index (χ2v) is 12.5. The van der Waals surface area contributed by atoms with Crippen molar-refractivity contribution >= 4 is 35.8 Å². The minimum Gasteiger partial charge on any atom is -0.489 e. The average Bonchev–Trinajstić information content (AvgIpc) is 3.00. The van der Waals surface area contributed by atoms with Gasteiger partial charge >= 0.3 is 0 Å². The monoisotopic (exact) mass is 635 g/mol. The van der Waals surface area contributed by atoms with Crippen LogP contribution >= 0.6 is 24.0 Å². The molecule has 3 fully saturated rings. The molecular weight excluding hydrogens is 592 g/mol. The second kappa shape index (κ2) is 15.1. The average molecular weight is 637 g/mol. The number of ether oxygens (including phenoxy) is 1. The summed E-state index contributed by atoms with van der Waals surface area (Å²) in [6.07, 6.45) is 7.15. The van der Waals surface area contributed by atoms with E-state index in [1.165, 1.54) is 12.5 Å². The van der Waals surface area contributed by atoms with Gasteiger partial charge in [0.15, 0.2) is 0 Å². The molecular formula is C33H44Cl2FN3O4. The molecule has 0 unspecified atom stereocenters.